The summed E-state index contributed by atoms with van der Waals surface area (Å²) in [7, 11) is 2.03. The van der Waals surface area contributed by atoms with Gasteiger partial charge in [-0.3, -0.25) is 4.79 Å². The van der Waals surface area contributed by atoms with Gasteiger partial charge in [0.2, 0.25) is 5.91 Å². The third-order valence-corrected chi connectivity index (χ3v) is 4.43. The fraction of sp³-hybridized carbons (Fsp3) is 0.429. The number of carbonyl (C=O) groups is 1. The molecule has 0 bridgehead atoms. The summed E-state index contributed by atoms with van der Waals surface area (Å²) < 4.78 is 1.37. The molecule has 1 unspecified atom stereocenters. The van der Waals surface area contributed by atoms with Gasteiger partial charge in [0, 0.05) is 19.1 Å². The number of fused-ring (bicyclic) bond motifs is 1. The number of benzene rings is 1. The maximum atomic E-state index is 11.7. The lowest BCUT2D eigenvalue weighted by molar-refractivity contribution is -0.122. The molecule has 2 aliphatic rings. The lowest BCUT2D eigenvalue weighted by Crippen LogP contribution is -2.38. The van der Waals surface area contributed by atoms with Crippen molar-refractivity contribution in [2.24, 2.45) is 0 Å². The first-order valence-corrected chi connectivity index (χ1v) is 9.89. The van der Waals surface area contributed by atoms with Crippen molar-refractivity contribution < 1.29 is 4.79 Å². The van der Waals surface area contributed by atoms with Gasteiger partial charge >= 0.3 is 0 Å². The number of rotatable bonds is 3. The molecule has 1 aromatic carbocycles. The number of nitriles is 1. The molecule has 1 saturated heterocycles. The molecule has 4 rings (SSSR count). The van der Waals surface area contributed by atoms with Gasteiger partial charge in [0.15, 0.2) is 0 Å². The first kappa shape index (κ1) is 22.1. The Hall–Kier alpha value is -3.18. The highest BCUT2D eigenvalue weighted by atomic mass is 16.2. The number of nitrogens with zero attached hydrogens (tertiary/aromatic N) is 5. The van der Waals surface area contributed by atoms with Crippen molar-refractivity contribution in [1.82, 2.24) is 30.3 Å². The van der Waals surface area contributed by atoms with Crippen LogP contribution < -0.4 is 10.6 Å². The summed E-state index contributed by atoms with van der Waals surface area (Å²) in [5.74, 6) is -0.0157. The molecule has 29 heavy (non-hydrogen) atoms. The number of hydrogen-bond acceptors (Lipinski definition) is 6. The molecule has 1 amide bonds. The third-order valence-electron chi connectivity index (χ3n) is 4.43. The van der Waals surface area contributed by atoms with Gasteiger partial charge in [-0.05, 0) is 43.4 Å². The van der Waals surface area contributed by atoms with E-state index in [-0.39, 0.29) is 24.3 Å². The van der Waals surface area contributed by atoms with E-state index in [1.54, 1.807) is 0 Å². The van der Waals surface area contributed by atoms with E-state index in [1.165, 1.54) is 22.1 Å². The molecule has 1 atom stereocenters. The maximum absolute atomic E-state index is 11.7. The van der Waals surface area contributed by atoms with Crippen LogP contribution in [0, 0.1) is 11.3 Å². The summed E-state index contributed by atoms with van der Waals surface area (Å²) in [5.41, 5.74) is 2.71. The molecule has 8 heteroatoms. The normalized spacial score (nSPS) is 16.8. The number of carbonyl (C=O) groups excluding carboxylic acids is 1. The van der Waals surface area contributed by atoms with Crippen LogP contribution in [0.2, 0.25) is 0 Å². The van der Waals surface area contributed by atoms with Crippen molar-refractivity contribution in [2.75, 3.05) is 20.1 Å². The Morgan fingerprint density at radius 2 is 2.17 bits per heavy atom. The Kier molecular flexibility index (Phi) is 8.86. The fourth-order valence-electron chi connectivity index (χ4n) is 3.07. The van der Waals surface area contributed by atoms with Crippen LogP contribution in [0.4, 0.5) is 0 Å². The highest BCUT2D eigenvalue weighted by Crippen LogP contribution is 2.12. The fourth-order valence-corrected chi connectivity index (χ4v) is 3.07. The van der Waals surface area contributed by atoms with Crippen LogP contribution in [0.1, 0.15) is 37.2 Å². The summed E-state index contributed by atoms with van der Waals surface area (Å²) in [6, 6.07) is 10.4. The Morgan fingerprint density at radius 3 is 2.83 bits per heavy atom. The summed E-state index contributed by atoms with van der Waals surface area (Å²) in [6.45, 7) is 6.96. The van der Waals surface area contributed by atoms with Crippen molar-refractivity contribution in [3.05, 3.63) is 53.7 Å². The van der Waals surface area contributed by atoms with E-state index < -0.39 is 0 Å². The van der Waals surface area contributed by atoms with Gasteiger partial charge in [0.1, 0.15) is 18.9 Å². The topological polar surface area (TPSA) is 98.9 Å². The molecule has 2 N–H and O–H groups in total. The average Bonchev–Trinajstić information content (AvgIpc) is 3.38. The summed E-state index contributed by atoms with van der Waals surface area (Å²) in [6.07, 6.45) is 6.45. The van der Waals surface area contributed by atoms with Gasteiger partial charge in [-0.1, -0.05) is 38.1 Å². The summed E-state index contributed by atoms with van der Waals surface area (Å²) in [4.78, 5) is 17.6. The molecular formula is C21H29N7O. The van der Waals surface area contributed by atoms with Crippen molar-refractivity contribution in [1.29, 1.82) is 5.26 Å². The number of nitrogens with one attached hydrogen (secondary N) is 2. The molecule has 0 spiro atoms. The smallest absolute Gasteiger partial charge is 0.252 e. The summed E-state index contributed by atoms with van der Waals surface area (Å²) >= 11 is 0. The molecule has 0 radical (unpaired) electrons. The zero-order valence-electron chi connectivity index (χ0n) is 17.3. The van der Waals surface area contributed by atoms with Crippen LogP contribution in [-0.2, 0) is 17.9 Å². The Balaban J connectivity index is 0.000000212. The second kappa shape index (κ2) is 11.6. The number of hydrogen-bond donors (Lipinski definition) is 2. The van der Waals surface area contributed by atoms with Gasteiger partial charge < -0.3 is 15.5 Å². The highest BCUT2D eigenvalue weighted by Gasteiger charge is 2.21. The maximum Gasteiger partial charge on any atom is 0.252 e. The molecule has 1 aromatic heterocycles. The molecule has 1 fully saturated rings. The van der Waals surface area contributed by atoms with Crippen LogP contribution in [0.25, 0.3) is 6.08 Å². The molecule has 154 valence electrons. The zero-order chi connectivity index (χ0) is 21.1. The van der Waals surface area contributed by atoms with E-state index >= 15 is 0 Å². The van der Waals surface area contributed by atoms with Crippen molar-refractivity contribution in [2.45, 2.75) is 39.4 Å². The second-order valence-electron chi connectivity index (χ2n) is 6.61. The van der Waals surface area contributed by atoms with Crippen LogP contribution in [0.5, 0.6) is 0 Å². The Morgan fingerprint density at radius 1 is 1.38 bits per heavy atom. The lowest BCUT2D eigenvalue weighted by atomic mass is 10.1. The van der Waals surface area contributed by atoms with Crippen LogP contribution >= 0.6 is 0 Å². The molecular weight excluding hydrogens is 366 g/mol. The molecule has 2 aliphatic heterocycles. The van der Waals surface area contributed by atoms with E-state index in [4.69, 9.17) is 5.26 Å². The molecule has 0 aliphatic carbocycles. The first-order chi connectivity index (χ1) is 14.1. The number of aromatic nitrogens is 3. The predicted octanol–water partition coefficient (Wildman–Crippen LogP) is 1.76. The molecule has 2 aromatic rings. The van der Waals surface area contributed by atoms with Crippen molar-refractivity contribution >= 4 is 12.0 Å². The highest BCUT2D eigenvalue weighted by molar-refractivity contribution is 5.76. The zero-order valence-corrected chi connectivity index (χ0v) is 17.3. The van der Waals surface area contributed by atoms with Crippen molar-refractivity contribution in [3.63, 3.8) is 0 Å². The second-order valence-corrected chi connectivity index (χ2v) is 6.61. The molecule has 0 saturated carbocycles. The number of likely N-dealkylation sites (N-methyl/N-ethyl adjacent to an activating group) is 1. The standard InChI is InChI=1S/C10H14N6O.C9H9N.C2H6/c1-15-3-2-8(5-15)13-10(17)6-16-7-12-9(4-11)14-16;1-2-4-9-7-10-6-5-8(9)3-1;1-2/h7-8H,2-3,5-6H2,1H3,(H,13,17);1-6,10H,7H2;1-2H3. The summed E-state index contributed by atoms with van der Waals surface area (Å²) in [5, 5.41) is 18.5. The van der Waals surface area contributed by atoms with Crippen LogP contribution in [0.3, 0.4) is 0 Å². The minimum absolute atomic E-state index is 0.0819. The van der Waals surface area contributed by atoms with E-state index in [0.29, 0.717) is 0 Å². The monoisotopic (exact) mass is 395 g/mol. The van der Waals surface area contributed by atoms with Gasteiger partial charge in [-0.2, -0.15) is 5.26 Å². The van der Waals surface area contributed by atoms with Gasteiger partial charge in [-0.15, -0.1) is 5.10 Å². The van der Waals surface area contributed by atoms with E-state index in [9.17, 15) is 4.79 Å². The number of likely N-dealkylation sites (tertiary alicyclic amines) is 1. The minimum Gasteiger partial charge on any atom is -0.387 e. The number of amides is 1. The van der Waals surface area contributed by atoms with Crippen LogP contribution in [0.15, 0.2) is 36.8 Å². The quantitative estimate of drug-likeness (QED) is 0.822. The SMILES string of the molecule is C1=Cc2ccccc2CN1.CC.CN1CCC(NC(=O)Cn2cnc(C#N)n2)C1. The Labute approximate surface area is 172 Å². The van der Waals surface area contributed by atoms with Crippen LogP contribution in [-0.4, -0.2) is 51.8 Å². The van der Waals surface area contributed by atoms with E-state index in [0.717, 1.165) is 26.1 Å². The predicted molar refractivity (Wildman–Crippen MR) is 112 cm³/mol. The van der Waals surface area contributed by atoms with Gasteiger partial charge in [-0.25, -0.2) is 9.67 Å². The van der Waals surface area contributed by atoms with Gasteiger partial charge in [0.05, 0.1) is 0 Å². The van der Waals surface area contributed by atoms with Gasteiger partial charge in [0.25, 0.3) is 5.82 Å². The van der Waals surface area contributed by atoms with Crippen molar-refractivity contribution in [3.8, 4) is 6.07 Å². The average molecular weight is 396 g/mol. The molecule has 3 heterocycles. The lowest BCUT2D eigenvalue weighted by Gasteiger charge is -2.12. The van der Waals surface area contributed by atoms with E-state index in [2.05, 4.69) is 56.0 Å². The Bertz CT molecular complexity index is 853. The minimum atomic E-state index is -0.0975. The molecule has 8 nitrogen and oxygen atoms in total. The largest absolute Gasteiger partial charge is 0.387 e. The van der Waals surface area contributed by atoms with E-state index in [1.807, 2.05) is 33.2 Å². The first-order valence-electron chi connectivity index (χ1n) is 9.89. The third kappa shape index (κ3) is 7.05.